The largest absolute Gasteiger partial charge is 0.496 e. The Labute approximate surface area is 137 Å². The molecule has 7 nitrogen and oxygen atoms in total. The Morgan fingerprint density at radius 2 is 2.04 bits per heavy atom. The lowest BCUT2D eigenvalue weighted by atomic mass is 10.2. The molecular formula is C17H16N4O3. The number of nitrogens with one attached hydrogen (secondary N) is 2. The molecule has 122 valence electrons. The third kappa shape index (κ3) is 3.05. The first-order valence-electron chi connectivity index (χ1n) is 7.28. The van der Waals surface area contributed by atoms with Gasteiger partial charge in [0, 0.05) is 11.8 Å². The molecule has 0 radical (unpaired) electrons. The van der Waals surface area contributed by atoms with Gasteiger partial charge < -0.3 is 10.1 Å². The van der Waals surface area contributed by atoms with Crippen molar-refractivity contribution in [2.75, 3.05) is 12.4 Å². The van der Waals surface area contributed by atoms with Crippen molar-refractivity contribution in [2.24, 2.45) is 0 Å². The Morgan fingerprint density at radius 3 is 2.67 bits per heavy atom. The van der Waals surface area contributed by atoms with Gasteiger partial charge >= 0.3 is 0 Å². The molecule has 0 spiro atoms. The highest BCUT2D eigenvalue weighted by Crippen LogP contribution is 2.19. The number of ether oxygens (including phenoxy) is 1. The Morgan fingerprint density at radius 1 is 1.25 bits per heavy atom. The SMILES string of the molecule is COc1ccccc1C(=O)Nc1ccc(-n2[nH]c(C)cc2=O)nc1. The zero-order valence-corrected chi connectivity index (χ0v) is 13.2. The van der Waals surface area contributed by atoms with E-state index in [9.17, 15) is 9.59 Å². The van der Waals surface area contributed by atoms with Crippen LogP contribution in [0.1, 0.15) is 16.1 Å². The number of carbonyl (C=O) groups excluding carboxylic acids is 1. The number of H-pyrrole nitrogens is 1. The second-order valence-corrected chi connectivity index (χ2v) is 5.17. The van der Waals surface area contributed by atoms with Crippen LogP contribution in [0.5, 0.6) is 5.75 Å². The van der Waals surface area contributed by atoms with Crippen molar-refractivity contribution in [2.45, 2.75) is 6.92 Å². The highest BCUT2D eigenvalue weighted by Gasteiger charge is 2.12. The fourth-order valence-electron chi connectivity index (χ4n) is 2.31. The maximum Gasteiger partial charge on any atom is 0.272 e. The summed E-state index contributed by atoms with van der Waals surface area (Å²) in [6, 6.07) is 11.8. The number of nitrogens with zero attached hydrogens (tertiary/aromatic N) is 2. The van der Waals surface area contributed by atoms with E-state index in [4.69, 9.17) is 4.74 Å². The predicted molar refractivity (Wildman–Crippen MR) is 89.9 cm³/mol. The maximum absolute atomic E-state index is 12.3. The molecule has 0 aliphatic rings. The van der Waals surface area contributed by atoms with Crippen LogP contribution < -0.4 is 15.6 Å². The molecule has 2 aromatic heterocycles. The van der Waals surface area contributed by atoms with E-state index in [1.54, 1.807) is 43.3 Å². The number of benzene rings is 1. The van der Waals surface area contributed by atoms with Crippen LogP contribution in [-0.4, -0.2) is 27.8 Å². The molecule has 2 N–H and O–H groups in total. The Balaban J connectivity index is 1.80. The molecular weight excluding hydrogens is 308 g/mol. The summed E-state index contributed by atoms with van der Waals surface area (Å²) in [5, 5.41) is 5.65. The van der Waals surface area contributed by atoms with Crippen molar-refractivity contribution >= 4 is 11.6 Å². The minimum absolute atomic E-state index is 0.189. The van der Waals surface area contributed by atoms with Crippen LogP contribution in [-0.2, 0) is 0 Å². The summed E-state index contributed by atoms with van der Waals surface area (Å²) in [5.41, 5.74) is 1.51. The van der Waals surface area contributed by atoms with E-state index < -0.39 is 0 Å². The molecule has 3 aromatic rings. The van der Waals surface area contributed by atoms with Crippen molar-refractivity contribution < 1.29 is 9.53 Å². The molecule has 0 atom stereocenters. The van der Waals surface area contributed by atoms with Gasteiger partial charge in [0.25, 0.3) is 11.5 Å². The number of aromatic nitrogens is 3. The lowest BCUT2D eigenvalue weighted by Gasteiger charge is -2.09. The molecule has 1 aromatic carbocycles. The van der Waals surface area contributed by atoms with E-state index in [2.05, 4.69) is 15.4 Å². The number of aromatic amines is 1. The van der Waals surface area contributed by atoms with Crippen molar-refractivity contribution in [1.29, 1.82) is 0 Å². The molecule has 0 aliphatic carbocycles. The summed E-state index contributed by atoms with van der Waals surface area (Å²) < 4.78 is 6.51. The maximum atomic E-state index is 12.3. The molecule has 0 unspecified atom stereocenters. The number of anilines is 1. The standard InChI is InChI=1S/C17H16N4O3/c1-11-9-16(22)21(20-11)15-8-7-12(10-18-15)19-17(23)13-5-3-4-6-14(13)24-2/h3-10,20H,1-2H3,(H,19,23). The van der Waals surface area contributed by atoms with Crippen LogP contribution in [0.25, 0.3) is 5.82 Å². The van der Waals surface area contributed by atoms with Gasteiger partial charge in [0.15, 0.2) is 5.82 Å². The number of hydrogen-bond acceptors (Lipinski definition) is 4. The molecule has 0 saturated carbocycles. The van der Waals surface area contributed by atoms with Crippen molar-refractivity contribution in [3.05, 3.63) is 70.3 Å². The lowest BCUT2D eigenvalue weighted by Crippen LogP contribution is -2.16. The number of aryl methyl sites for hydroxylation is 1. The van der Waals surface area contributed by atoms with Crippen LogP contribution in [0, 0.1) is 6.92 Å². The number of rotatable bonds is 4. The monoisotopic (exact) mass is 324 g/mol. The number of hydrogen-bond donors (Lipinski definition) is 2. The molecule has 0 fully saturated rings. The second-order valence-electron chi connectivity index (χ2n) is 5.17. The van der Waals surface area contributed by atoms with Crippen molar-refractivity contribution in [3.63, 3.8) is 0 Å². The minimum atomic E-state index is -0.296. The Bertz CT molecular complexity index is 926. The van der Waals surface area contributed by atoms with Gasteiger partial charge in [0.1, 0.15) is 5.75 Å². The number of methoxy groups -OCH3 is 1. The number of pyridine rings is 1. The summed E-state index contributed by atoms with van der Waals surface area (Å²) in [5.74, 6) is 0.645. The molecule has 7 heteroatoms. The number of amides is 1. The lowest BCUT2D eigenvalue weighted by molar-refractivity contribution is 0.102. The zero-order valence-electron chi connectivity index (χ0n) is 13.2. The van der Waals surface area contributed by atoms with E-state index in [0.717, 1.165) is 5.69 Å². The normalized spacial score (nSPS) is 10.4. The topological polar surface area (TPSA) is 89.0 Å². The van der Waals surface area contributed by atoms with Crippen LogP contribution in [0.2, 0.25) is 0 Å². The van der Waals surface area contributed by atoms with Gasteiger partial charge in [-0.3, -0.25) is 14.7 Å². The average molecular weight is 324 g/mol. The summed E-state index contributed by atoms with van der Waals surface area (Å²) in [6.07, 6.45) is 1.49. The van der Waals surface area contributed by atoms with Crippen LogP contribution in [0.4, 0.5) is 5.69 Å². The molecule has 24 heavy (non-hydrogen) atoms. The fourth-order valence-corrected chi connectivity index (χ4v) is 2.31. The van der Waals surface area contributed by atoms with Gasteiger partial charge in [0.2, 0.25) is 0 Å². The summed E-state index contributed by atoms with van der Waals surface area (Å²) in [7, 11) is 1.51. The van der Waals surface area contributed by atoms with Gasteiger partial charge in [-0.25, -0.2) is 9.67 Å². The Kier molecular flexibility index (Phi) is 4.15. The van der Waals surface area contributed by atoms with E-state index in [-0.39, 0.29) is 11.5 Å². The van der Waals surface area contributed by atoms with Crippen LogP contribution in [0.15, 0.2) is 53.5 Å². The smallest absolute Gasteiger partial charge is 0.272 e. The highest BCUT2D eigenvalue weighted by atomic mass is 16.5. The van der Waals surface area contributed by atoms with Crippen LogP contribution >= 0.6 is 0 Å². The first-order chi connectivity index (χ1) is 11.6. The third-order valence-electron chi connectivity index (χ3n) is 3.43. The minimum Gasteiger partial charge on any atom is -0.496 e. The van der Waals surface area contributed by atoms with E-state index in [1.807, 2.05) is 0 Å². The molecule has 0 saturated heterocycles. The van der Waals surface area contributed by atoms with Gasteiger partial charge in [-0.1, -0.05) is 12.1 Å². The van der Waals surface area contributed by atoms with E-state index in [1.165, 1.54) is 24.1 Å². The van der Waals surface area contributed by atoms with Crippen molar-refractivity contribution in [3.8, 4) is 11.6 Å². The van der Waals surface area contributed by atoms with Crippen molar-refractivity contribution in [1.82, 2.24) is 14.8 Å². The Hall–Kier alpha value is -3.35. The average Bonchev–Trinajstić information content (AvgIpc) is 2.94. The highest BCUT2D eigenvalue weighted by molar-refractivity contribution is 6.06. The number of para-hydroxylation sites is 1. The summed E-state index contributed by atoms with van der Waals surface area (Å²) in [4.78, 5) is 28.3. The molecule has 3 rings (SSSR count). The zero-order chi connectivity index (χ0) is 17.1. The molecule has 0 aliphatic heterocycles. The van der Waals surface area contributed by atoms with E-state index >= 15 is 0 Å². The van der Waals surface area contributed by atoms with Gasteiger partial charge in [-0.2, -0.15) is 0 Å². The molecule has 2 heterocycles. The fraction of sp³-hybridized carbons (Fsp3) is 0.118. The molecule has 0 bridgehead atoms. The first kappa shape index (κ1) is 15.5. The predicted octanol–water partition coefficient (Wildman–Crippen LogP) is 2.13. The summed E-state index contributed by atoms with van der Waals surface area (Å²) in [6.45, 7) is 1.79. The van der Waals surface area contributed by atoms with Gasteiger partial charge in [0.05, 0.1) is 24.6 Å². The van der Waals surface area contributed by atoms with Gasteiger partial charge in [-0.15, -0.1) is 0 Å². The third-order valence-corrected chi connectivity index (χ3v) is 3.43. The van der Waals surface area contributed by atoms with Gasteiger partial charge in [-0.05, 0) is 31.2 Å². The quantitative estimate of drug-likeness (QED) is 0.769. The molecule has 1 amide bonds. The van der Waals surface area contributed by atoms with E-state index in [0.29, 0.717) is 22.8 Å². The summed E-state index contributed by atoms with van der Waals surface area (Å²) >= 11 is 0. The second kappa shape index (κ2) is 6.41. The van der Waals surface area contributed by atoms with Crippen LogP contribution in [0.3, 0.4) is 0 Å². The number of carbonyl (C=O) groups is 1. The first-order valence-corrected chi connectivity index (χ1v) is 7.28.